The van der Waals surface area contributed by atoms with E-state index >= 15 is 0 Å². The number of nitrogens with one attached hydrogen (secondary N) is 1. The number of hydrogen-bond acceptors (Lipinski definition) is 3. The lowest BCUT2D eigenvalue weighted by atomic mass is 10.2. The van der Waals surface area contributed by atoms with Crippen LogP contribution in [0, 0.1) is 13.8 Å². The lowest BCUT2D eigenvalue weighted by Gasteiger charge is -2.08. The molecule has 0 spiro atoms. The molecule has 0 unspecified atom stereocenters. The highest BCUT2D eigenvalue weighted by molar-refractivity contribution is 5.51. The van der Waals surface area contributed by atoms with E-state index in [1.807, 2.05) is 44.3 Å². The van der Waals surface area contributed by atoms with E-state index in [9.17, 15) is 5.11 Å². The Kier molecular flexibility index (Phi) is 3.28. The Bertz CT molecular complexity index is 506. The van der Waals surface area contributed by atoms with Gasteiger partial charge in [0.25, 0.3) is 0 Å². The second kappa shape index (κ2) is 4.87. The van der Waals surface area contributed by atoms with Crippen molar-refractivity contribution in [2.75, 3.05) is 5.32 Å². The quantitative estimate of drug-likeness (QED) is 0.848. The van der Waals surface area contributed by atoms with Crippen molar-refractivity contribution >= 4 is 5.69 Å². The van der Waals surface area contributed by atoms with Crippen molar-refractivity contribution in [3.63, 3.8) is 0 Å². The van der Waals surface area contributed by atoms with Gasteiger partial charge in [-0.1, -0.05) is 12.1 Å². The minimum Gasteiger partial charge on any atom is -0.508 e. The summed E-state index contributed by atoms with van der Waals surface area (Å²) in [4.78, 5) is 4.23. The molecule has 0 bridgehead atoms. The van der Waals surface area contributed by atoms with Crippen LogP contribution < -0.4 is 5.32 Å². The number of phenolic OH excluding ortho intramolecular Hbond substituents is 1. The second-order valence-corrected chi connectivity index (χ2v) is 4.16. The predicted molar refractivity (Wildman–Crippen MR) is 69.1 cm³/mol. The molecule has 0 aliphatic carbocycles. The Morgan fingerprint density at radius 1 is 1.18 bits per heavy atom. The number of benzene rings is 1. The summed E-state index contributed by atoms with van der Waals surface area (Å²) in [5.74, 6) is 0.317. The van der Waals surface area contributed by atoms with Crippen molar-refractivity contribution in [1.82, 2.24) is 4.98 Å². The molecule has 1 heterocycles. The predicted octanol–water partition coefficient (Wildman–Crippen LogP) is 3.02. The van der Waals surface area contributed by atoms with Gasteiger partial charge in [-0.15, -0.1) is 0 Å². The van der Waals surface area contributed by atoms with Gasteiger partial charge in [0, 0.05) is 30.2 Å². The van der Waals surface area contributed by atoms with Gasteiger partial charge < -0.3 is 10.4 Å². The zero-order valence-electron chi connectivity index (χ0n) is 10.1. The molecule has 0 amide bonds. The van der Waals surface area contributed by atoms with Gasteiger partial charge in [0.2, 0.25) is 0 Å². The number of pyridine rings is 1. The van der Waals surface area contributed by atoms with Gasteiger partial charge in [-0.2, -0.15) is 0 Å². The molecular weight excluding hydrogens is 212 g/mol. The Morgan fingerprint density at radius 3 is 2.65 bits per heavy atom. The number of aryl methyl sites for hydroxylation is 2. The van der Waals surface area contributed by atoms with Gasteiger partial charge in [0.05, 0.1) is 0 Å². The summed E-state index contributed by atoms with van der Waals surface area (Å²) < 4.78 is 0. The summed E-state index contributed by atoms with van der Waals surface area (Å²) in [6.45, 7) is 4.55. The van der Waals surface area contributed by atoms with E-state index < -0.39 is 0 Å². The Hall–Kier alpha value is -2.03. The number of anilines is 1. The van der Waals surface area contributed by atoms with Crippen molar-refractivity contribution in [1.29, 1.82) is 0 Å². The zero-order chi connectivity index (χ0) is 12.3. The number of phenols is 1. The molecule has 2 aromatic rings. The molecule has 1 aromatic heterocycles. The molecule has 0 radical (unpaired) electrons. The summed E-state index contributed by atoms with van der Waals surface area (Å²) in [6, 6.07) is 9.62. The van der Waals surface area contributed by atoms with Gasteiger partial charge in [0.1, 0.15) is 5.75 Å². The Morgan fingerprint density at radius 2 is 2.00 bits per heavy atom. The lowest BCUT2D eigenvalue weighted by molar-refractivity contribution is 0.471. The van der Waals surface area contributed by atoms with Crippen molar-refractivity contribution < 1.29 is 5.11 Å². The van der Waals surface area contributed by atoms with Gasteiger partial charge >= 0.3 is 0 Å². The number of hydrogen-bond donors (Lipinski definition) is 2. The van der Waals surface area contributed by atoms with Crippen LogP contribution in [0.15, 0.2) is 36.5 Å². The summed E-state index contributed by atoms with van der Waals surface area (Å²) in [5.41, 5.74) is 3.93. The van der Waals surface area contributed by atoms with Gasteiger partial charge in [0.15, 0.2) is 0 Å². The van der Waals surface area contributed by atoms with Crippen molar-refractivity contribution in [3.05, 3.63) is 53.3 Å². The Balaban J connectivity index is 2.02. The van der Waals surface area contributed by atoms with Crippen LogP contribution in [0.3, 0.4) is 0 Å². The summed E-state index contributed by atoms with van der Waals surface area (Å²) >= 11 is 0. The standard InChI is InChI=1S/C14H16N2O/c1-10-3-6-13(7-14(10)17)16-9-12-5-4-11(2)15-8-12/h3-8,16-17H,9H2,1-2H3. The van der Waals surface area contributed by atoms with Crippen LogP contribution in [-0.2, 0) is 6.54 Å². The first kappa shape index (κ1) is 11.5. The fourth-order valence-electron chi connectivity index (χ4n) is 1.53. The highest BCUT2D eigenvalue weighted by Gasteiger charge is 1.98. The Labute approximate surface area is 101 Å². The van der Waals surface area contributed by atoms with Crippen LogP contribution in [-0.4, -0.2) is 10.1 Å². The molecule has 17 heavy (non-hydrogen) atoms. The smallest absolute Gasteiger partial charge is 0.120 e. The maximum atomic E-state index is 9.58. The van der Waals surface area contributed by atoms with Gasteiger partial charge in [-0.05, 0) is 37.1 Å². The minimum absolute atomic E-state index is 0.317. The van der Waals surface area contributed by atoms with Crippen LogP contribution in [0.4, 0.5) is 5.69 Å². The molecule has 3 heteroatoms. The van der Waals surface area contributed by atoms with E-state index in [0.29, 0.717) is 12.3 Å². The number of rotatable bonds is 3. The van der Waals surface area contributed by atoms with Crippen molar-refractivity contribution in [2.24, 2.45) is 0 Å². The molecular formula is C14H16N2O. The highest BCUT2D eigenvalue weighted by atomic mass is 16.3. The van der Waals surface area contributed by atoms with E-state index in [-0.39, 0.29) is 0 Å². The average Bonchev–Trinajstić information content (AvgIpc) is 2.33. The fourth-order valence-corrected chi connectivity index (χ4v) is 1.53. The number of nitrogens with zero attached hydrogens (tertiary/aromatic N) is 1. The van der Waals surface area contributed by atoms with Crippen LogP contribution in [0.5, 0.6) is 5.75 Å². The largest absolute Gasteiger partial charge is 0.508 e. The maximum Gasteiger partial charge on any atom is 0.120 e. The third kappa shape index (κ3) is 2.97. The summed E-state index contributed by atoms with van der Waals surface area (Å²) in [7, 11) is 0. The van der Waals surface area contributed by atoms with E-state index in [1.165, 1.54) is 0 Å². The van der Waals surface area contributed by atoms with Crippen LogP contribution in [0.1, 0.15) is 16.8 Å². The first-order chi connectivity index (χ1) is 8.15. The highest BCUT2D eigenvalue weighted by Crippen LogP contribution is 2.21. The zero-order valence-corrected chi connectivity index (χ0v) is 10.1. The van der Waals surface area contributed by atoms with Crippen LogP contribution in [0.2, 0.25) is 0 Å². The average molecular weight is 228 g/mol. The molecule has 1 aromatic carbocycles. The minimum atomic E-state index is 0.317. The SMILES string of the molecule is Cc1ccc(CNc2ccc(C)c(O)c2)cn1. The molecule has 0 fully saturated rings. The van der Waals surface area contributed by atoms with Gasteiger partial charge in [-0.3, -0.25) is 4.98 Å². The van der Waals surface area contributed by atoms with E-state index in [2.05, 4.69) is 10.3 Å². The monoisotopic (exact) mass is 228 g/mol. The molecule has 88 valence electrons. The number of aromatic hydroxyl groups is 1. The summed E-state index contributed by atoms with van der Waals surface area (Å²) in [5, 5.41) is 12.8. The number of aromatic nitrogens is 1. The van der Waals surface area contributed by atoms with Crippen LogP contribution >= 0.6 is 0 Å². The fraction of sp³-hybridized carbons (Fsp3) is 0.214. The van der Waals surface area contributed by atoms with Crippen molar-refractivity contribution in [3.8, 4) is 5.75 Å². The molecule has 0 saturated carbocycles. The normalized spacial score (nSPS) is 10.2. The summed E-state index contributed by atoms with van der Waals surface area (Å²) in [6.07, 6.45) is 1.86. The molecule has 0 atom stereocenters. The topological polar surface area (TPSA) is 45.1 Å². The molecule has 2 N–H and O–H groups in total. The maximum absolute atomic E-state index is 9.58. The third-order valence-electron chi connectivity index (χ3n) is 2.68. The molecule has 0 aliphatic heterocycles. The molecule has 0 saturated heterocycles. The first-order valence-corrected chi connectivity index (χ1v) is 5.60. The lowest BCUT2D eigenvalue weighted by Crippen LogP contribution is -2.00. The van der Waals surface area contributed by atoms with Crippen molar-refractivity contribution in [2.45, 2.75) is 20.4 Å². The molecule has 0 aliphatic rings. The molecule has 3 nitrogen and oxygen atoms in total. The van der Waals surface area contributed by atoms with Crippen LogP contribution in [0.25, 0.3) is 0 Å². The second-order valence-electron chi connectivity index (χ2n) is 4.16. The van der Waals surface area contributed by atoms with E-state index in [1.54, 1.807) is 6.07 Å². The third-order valence-corrected chi connectivity index (χ3v) is 2.68. The van der Waals surface area contributed by atoms with E-state index in [0.717, 1.165) is 22.5 Å². The van der Waals surface area contributed by atoms with Gasteiger partial charge in [-0.25, -0.2) is 0 Å². The first-order valence-electron chi connectivity index (χ1n) is 5.60. The molecule has 2 rings (SSSR count). The van der Waals surface area contributed by atoms with E-state index in [4.69, 9.17) is 0 Å².